The van der Waals surface area contributed by atoms with E-state index in [1.165, 1.54) is 0 Å². The minimum Gasteiger partial charge on any atom is -0.482 e. The highest BCUT2D eigenvalue weighted by Crippen LogP contribution is 2.33. The fourth-order valence-electron chi connectivity index (χ4n) is 4.02. The van der Waals surface area contributed by atoms with Gasteiger partial charge in [0.1, 0.15) is 5.75 Å². The molecule has 0 radical (unpaired) electrons. The Morgan fingerprint density at radius 2 is 2.03 bits per heavy atom. The third kappa shape index (κ3) is 4.47. The van der Waals surface area contributed by atoms with Crippen molar-refractivity contribution in [3.05, 3.63) is 76.4 Å². The number of thiazole rings is 1. The maximum atomic E-state index is 11.8. The van der Waals surface area contributed by atoms with E-state index in [2.05, 4.69) is 56.9 Å². The van der Waals surface area contributed by atoms with Crippen molar-refractivity contribution < 1.29 is 9.53 Å². The standard InChI is InChI=1S/C25H25N5O2S/c1-17-5-3-6-18(2)24(17)28-25-30(11-4-10-29-12-9-26-16-29)21(15-33-25)19-7-8-22-20(13-19)27-23(31)14-32-22/h3,5-9,12-13,15-16H,4,10-11,14H2,1-2H3,(H,27,31). The molecule has 1 amide bonds. The summed E-state index contributed by atoms with van der Waals surface area (Å²) in [7, 11) is 0. The predicted octanol–water partition coefficient (Wildman–Crippen LogP) is 4.68. The number of benzene rings is 2. The van der Waals surface area contributed by atoms with E-state index in [0.717, 1.165) is 52.4 Å². The number of aryl methyl sites for hydroxylation is 3. The minimum atomic E-state index is -0.135. The summed E-state index contributed by atoms with van der Waals surface area (Å²) >= 11 is 1.63. The lowest BCUT2D eigenvalue weighted by molar-refractivity contribution is -0.118. The summed E-state index contributed by atoms with van der Waals surface area (Å²) in [6.07, 6.45) is 6.56. The number of aromatic nitrogens is 3. The molecule has 2 aromatic carbocycles. The summed E-state index contributed by atoms with van der Waals surface area (Å²) in [4.78, 5) is 22.0. The zero-order valence-electron chi connectivity index (χ0n) is 18.6. The van der Waals surface area contributed by atoms with Crippen molar-refractivity contribution in [1.29, 1.82) is 0 Å². The lowest BCUT2D eigenvalue weighted by Crippen LogP contribution is -2.25. The Labute approximate surface area is 196 Å². The normalized spacial score (nSPS) is 13.5. The molecule has 0 bridgehead atoms. The van der Waals surface area contributed by atoms with Gasteiger partial charge in [0, 0.05) is 36.4 Å². The van der Waals surface area contributed by atoms with Crippen LogP contribution in [0, 0.1) is 13.8 Å². The molecule has 8 heteroatoms. The van der Waals surface area contributed by atoms with Crippen LogP contribution >= 0.6 is 11.3 Å². The monoisotopic (exact) mass is 459 g/mol. The Morgan fingerprint density at radius 3 is 2.82 bits per heavy atom. The molecule has 2 aromatic heterocycles. The van der Waals surface area contributed by atoms with Crippen LogP contribution in [-0.2, 0) is 17.9 Å². The Hall–Kier alpha value is -3.65. The van der Waals surface area contributed by atoms with Crippen LogP contribution in [0.1, 0.15) is 17.5 Å². The van der Waals surface area contributed by atoms with Crippen molar-refractivity contribution in [2.24, 2.45) is 4.99 Å². The summed E-state index contributed by atoms with van der Waals surface area (Å²) in [6, 6.07) is 12.2. The smallest absolute Gasteiger partial charge is 0.262 e. The summed E-state index contributed by atoms with van der Waals surface area (Å²) < 4.78 is 9.88. The van der Waals surface area contributed by atoms with Crippen LogP contribution in [0.5, 0.6) is 5.75 Å². The molecular weight excluding hydrogens is 434 g/mol. The van der Waals surface area contributed by atoms with Gasteiger partial charge in [0.25, 0.3) is 5.91 Å². The molecule has 4 aromatic rings. The SMILES string of the molecule is Cc1cccc(C)c1N=c1scc(-c2ccc3c(c2)NC(=O)CO3)n1CCCn1ccnc1. The van der Waals surface area contributed by atoms with E-state index < -0.39 is 0 Å². The minimum absolute atomic E-state index is 0.0534. The number of rotatable bonds is 6. The van der Waals surface area contributed by atoms with Crippen molar-refractivity contribution in [2.75, 3.05) is 11.9 Å². The number of carbonyl (C=O) groups excluding carboxylic acids is 1. The summed E-state index contributed by atoms with van der Waals surface area (Å²) in [5.74, 6) is 0.560. The highest BCUT2D eigenvalue weighted by Gasteiger charge is 2.18. The second-order valence-corrected chi connectivity index (χ2v) is 8.95. The molecule has 1 aliphatic rings. The molecule has 5 rings (SSSR count). The van der Waals surface area contributed by atoms with E-state index in [0.29, 0.717) is 11.4 Å². The number of imidazole rings is 1. The maximum Gasteiger partial charge on any atom is 0.262 e. The molecule has 33 heavy (non-hydrogen) atoms. The lowest BCUT2D eigenvalue weighted by atomic mass is 10.1. The molecule has 0 saturated carbocycles. The lowest BCUT2D eigenvalue weighted by Gasteiger charge is -2.19. The molecule has 0 fully saturated rings. The molecule has 0 spiro atoms. The zero-order valence-corrected chi connectivity index (χ0v) is 19.4. The van der Waals surface area contributed by atoms with Crippen molar-refractivity contribution in [2.45, 2.75) is 33.4 Å². The van der Waals surface area contributed by atoms with E-state index in [9.17, 15) is 4.79 Å². The number of amides is 1. The second-order valence-electron chi connectivity index (χ2n) is 8.11. The van der Waals surface area contributed by atoms with Gasteiger partial charge >= 0.3 is 0 Å². The average Bonchev–Trinajstić information content (AvgIpc) is 3.46. The first-order valence-corrected chi connectivity index (χ1v) is 11.8. The molecule has 1 aliphatic heterocycles. The molecule has 0 saturated heterocycles. The van der Waals surface area contributed by atoms with Crippen LogP contribution in [0.25, 0.3) is 11.3 Å². The average molecular weight is 460 g/mol. The van der Waals surface area contributed by atoms with Gasteiger partial charge in [-0.25, -0.2) is 9.98 Å². The number of ether oxygens (including phenoxy) is 1. The van der Waals surface area contributed by atoms with E-state index in [1.807, 2.05) is 30.7 Å². The molecule has 1 N–H and O–H groups in total. The number of nitrogens with one attached hydrogen (secondary N) is 1. The Morgan fingerprint density at radius 1 is 1.18 bits per heavy atom. The molecule has 0 unspecified atom stereocenters. The van der Waals surface area contributed by atoms with Gasteiger partial charge in [-0.1, -0.05) is 18.2 Å². The molecule has 0 aliphatic carbocycles. The first kappa shape index (κ1) is 21.2. The van der Waals surface area contributed by atoms with Crippen molar-refractivity contribution >= 4 is 28.6 Å². The van der Waals surface area contributed by atoms with Crippen LogP contribution in [0.4, 0.5) is 11.4 Å². The number of carbonyl (C=O) groups is 1. The van der Waals surface area contributed by atoms with Gasteiger partial charge in [0.2, 0.25) is 0 Å². The summed E-state index contributed by atoms with van der Waals surface area (Å²) in [6.45, 7) is 5.92. The van der Waals surface area contributed by atoms with E-state index in [-0.39, 0.29) is 12.5 Å². The van der Waals surface area contributed by atoms with Gasteiger partial charge in [-0.05, 0) is 49.6 Å². The largest absolute Gasteiger partial charge is 0.482 e. The molecule has 3 heterocycles. The van der Waals surface area contributed by atoms with Crippen LogP contribution in [0.3, 0.4) is 0 Å². The molecule has 7 nitrogen and oxygen atoms in total. The van der Waals surface area contributed by atoms with Crippen LogP contribution in [0.15, 0.2) is 65.5 Å². The number of hydrogen-bond acceptors (Lipinski definition) is 5. The quantitative estimate of drug-likeness (QED) is 0.455. The first-order chi connectivity index (χ1) is 16.1. The highest BCUT2D eigenvalue weighted by molar-refractivity contribution is 7.07. The number of fused-ring (bicyclic) bond motifs is 1. The molecule has 168 valence electrons. The second kappa shape index (κ2) is 9.07. The van der Waals surface area contributed by atoms with Gasteiger partial charge in [0.05, 0.1) is 23.4 Å². The van der Waals surface area contributed by atoms with E-state index in [4.69, 9.17) is 9.73 Å². The number of hydrogen-bond donors (Lipinski definition) is 1. The van der Waals surface area contributed by atoms with Gasteiger partial charge < -0.3 is 19.2 Å². The van der Waals surface area contributed by atoms with Crippen molar-refractivity contribution in [3.8, 4) is 17.0 Å². The third-order valence-electron chi connectivity index (χ3n) is 5.71. The van der Waals surface area contributed by atoms with Crippen LogP contribution in [-0.4, -0.2) is 26.6 Å². The van der Waals surface area contributed by atoms with Gasteiger partial charge in [-0.3, -0.25) is 4.79 Å². The van der Waals surface area contributed by atoms with Gasteiger partial charge in [0.15, 0.2) is 11.4 Å². The van der Waals surface area contributed by atoms with Crippen molar-refractivity contribution in [1.82, 2.24) is 14.1 Å². The fourth-order valence-corrected chi connectivity index (χ4v) is 4.96. The summed E-state index contributed by atoms with van der Waals surface area (Å²) in [5, 5.41) is 5.05. The number of anilines is 1. The Bertz CT molecular complexity index is 1350. The topological polar surface area (TPSA) is 73.4 Å². The van der Waals surface area contributed by atoms with Gasteiger partial charge in [-0.15, -0.1) is 11.3 Å². The third-order valence-corrected chi connectivity index (χ3v) is 6.57. The molecular formula is C25H25N5O2S. The fraction of sp³-hybridized carbons (Fsp3) is 0.240. The Balaban J connectivity index is 1.55. The van der Waals surface area contributed by atoms with Crippen LogP contribution < -0.4 is 14.9 Å². The van der Waals surface area contributed by atoms with E-state index >= 15 is 0 Å². The first-order valence-electron chi connectivity index (χ1n) is 10.9. The number of nitrogens with zero attached hydrogens (tertiary/aromatic N) is 4. The van der Waals surface area contributed by atoms with Gasteiger partial charge in [-0.2, -0.15) is 0 Å². The predicted molar refractivity (Wildman–Crippen MR) is 130 cm³/mol. The van der Waals surface area contributed by atoms with E-state index in [1.54, 1.807) is 17.5 Å². The maximum absolute atomic E-state index is 11.8. The highest BCUT2D eigenvalue weighted by atomic mass is 32.1. The molecule has 0 atom stereocenters. The summed E-state index contributed by atoms with van der Waals surface area (Å²) in [5.41, 5.74) is 6.11. The van der Waals surface area contributed by atoms with Crippen molar-refractivity contribution in [3.63, 3.8) is 0 Å². The number of para-hydroxylation sites is 1. The zero-order chi connectivity index (χ0) is 22.8. The Kier molecular flexibility index (Phi) is 5.83. The van der Waals surface area contributed by atoms with Crippen LogP contribution in [0.2, 0.25) is 0 Å².